The fourth-order valence-corrected chi connectivity index (χ4v) is 2.86. The summed E-state index contributed by atoms with van der Waals surface area (Å²) in [6, 6.07) is 16.0. The minimum absolute atomic E-state index is 0.0414. The van der Waals surface area contributed by atoms with Crippen molar-refractivity contribution in [3.63, 3.8) is 0 Å². The summed E-state index contributed by atoms with van der Waals surface area (Å²) in [5.41, 5.74) is 0.799. The molecular weight excluding hydrogens is 400 g/mol. The number of methoxy groups -OCH3 is 1. The topological polar surface area (TPSA) is 106 Å². The normalized spacial score (nSPS) is 14.2. The zero-order chi connectivity index (χ0) is 22.9. The zero-order valence-electron chi connectivity index (χ0n) is 18.2. The minimum atomic E-state index is -1.40. The van der Waals surface area contributed by atoms with Gasteiger partial charge in [0.1, 0.15) is 12.6 Å². The molecule has 0 aliphatic heterocycles. The third-order valence-electron chi connectivity index (χ3n) is 4.22. The molecule has 0 spiro atoms. The third kappa shape index (κ3) is 8.37. The molecule has 3 atom stereocenters. The van der Waals surface area contributed by atoms with Crippen molar-refractivity contribution in [3.05, 3.63) is 71.8 Å². The Morgan fingerprint density at radius 2 is 1.58 bits per heavy atom. The SMILES string of the molecule is COC(=O)[C@@H](NC(=O)OCc1ccccc1)[C@H](NC(O)OC(C)(C)C)c1ccccc1. The van der Waals surface area contributed by atoms with Gasteiger partial charge in [0.15, 0.2) is 0 Å². The fourth-order valence-electron chi connectivity index (χ4n) is 2.86. The van der Waals surface area contributed by atoms with Crippen molar-refractivity contribution in [2.45, 2.75) is 51.5 Å². The largest absolute Gasteiger partial charge is 0.467 e. The van der Waals surface area contributed by atoms with Crippen LogP contribution in [0.15, 0.2) is 60.7 Å². The van der Waals surface area contributed by atoms with E-state index in [1.54, 1.807) is 45.0 Å². The quantitative estimate of drug-likeness (QED) is 0.415. The van der Waals surface area contributed by atoms with E-state index in [2.05, 4.69) is 10.6 Å². The number of rotatable bonds is 9. The summed E-state index contributed by atoms with van der Waals surface area (Å²) in [6.07, 6.45) is -2.20. The van der Waals surface area contributed by atoms with Crippen LogP contribution in [0.5, 0.6) is 0 Å². The Morgan fingerprint density at radius 1 is 1.00 bits per heavy atom. The third-order valence-corrected chi connectivity index (χ3v) is 4.22. The lowest BCUT2D eigenvalue weighted by molar-refractivity contribution is -0.187. The smallest absolute Gasteiger partial charge is 0.408 e. The monoisotopic (exact) mass is 430 g/mol. The van der Waals surface area contributed by atoms with Gasteiger partial charge in [-0.05, 0) is 31.9 Å². The van der Waals surface area contributed by atoms with Gasteiger partial charge in [-0.15, -0.1) is 0 Å². The highest BCUT2D eigenvalue weighted by atomic mass is 16.6. The van der Waals surface area contributed by atoms with Gasteiger partial charge in [-0.1, -0.05) is 60.7 Å². The Labute approximate surface area is 182 Å². The molecule has 0 fully saturated rings. The first kappa shape index (κ1) is 24.3. The van der Waals surface area contributed by atoms with E-state index in [4.69, 9.17) is 14.2 Å². The molecule has 168 valence electrons. The summed E-state index contributed by atoms with van der Waals surface area (Å²) >= 11 is 0. The Morgan fingerprint density at radius 3 is 2.13 bits per heavy atom. The lowest BCUT2D eigenvalue weighted by atomic mass is 9.99. The second-order valence-corrected chi connectivity index (χ2v) is 7.84. The van der Waals surface area contributed by atoms with Gasteiger partial charge < -0.3 is 24.6 Å². The number of aliphatic hydroxyl groups excluding tert-OH is 1. The van der Waals surface area contributed by atoms with Crippen molar-refractivity contribution in [2.24, 2.45) is 0 Å². The molecule has 0 aliphatic rings. The lowest BCUT2D eigenvalue weighted by Gasteiger charge is -2.31. The van der Waals surface area contributed by atoms with Crippen LogP contribution in [0.2, 0.25) is 0 Å². The van der Waals surface area contributed by atoms with Gasteiger partial charge in [0.25, 0.3) is 0 Å². The lowest BCUT2D eigenvalue weighted by Crippen LogP contribution is -2.53. The molecule has 2 aromatic carbocycles. The Bertz CT molecular complexity index is 823. The molecule has 0 saturated heterocycles. The highest BCUT2D eigenvalue weighted by molar-refractivity contribution is 5.82. The highest BCUT2D eigenvalue weighted by Crippen LogP contribution is 2.20. The van der Waals surface area contributed by atoms with E-state index in [9.17, 15) is 14.7 Å². The van der Waals surface area contributed by atoms with Crippen LogP contribution in [0.25, 0.3) is 0 Å². The highest BCUT2D eigenvalue weighted by Gasteiger charge is 2.34. The molecule has 8 heteroatoms. The maximum Gasteiger partial charge on any atom is 0.408 e. The van der Waals surface area contributed by atoms with Gasteiger partial charge >= 0.3 is 12.1 Å². The second-order valence-electron chi connectivity index (χ2n) is 7.84. The number of nitrogens with one attached hydrogen (secondary N) is 2. The summed E-state index contributed by atoms with van der Waals surface area (Å²) in [5, 5.41) is 15.8. The summed E-state index contributed by atoms with van der Waals surface area (Å²) in [4.78, 5) is 25.0. The zero-order valence-corrected chi connectivity index (χ0v) is 18.2. The van der Waals surface area contributed by atoms with E-state index in [0.717, 1.165) is 5.56 Å². The average Bonchev–Trinajstić information content (AvgIpc) is 2.74. The second kappa shape index (κ2) is 11.5. The van der Waals surface area contributed by atoms with Crippen LogP contribution in [-0.4, -0.2) is 42.3 Å². The van der Waals surface area contributed by atoms with Crippen molar-refractivity contribution in [1.82, 2.24) is 10.6 Å². The van der Waals surface area contributed by atoms with E-state index in [1.807, 2.05) is 36.4 Å². The molecule has 3 N–H and O–H groups in total. The number of alkyl carbamates (subject to hydrolysis) is 1. The number of benzene rings is 2. The predicted octanol–water partition coefficient (Wildman–Crippen LogP) is 2.88. The van der Waals surface area contributed by atoms with Crippen molar-refractivity contribution in [3.8, 4) is 0 Å². The molecule has 0 bridgehead atoms. The number of hydrogen-bond acceptors (Lipinski definition) is 7. The minimum Gasteiger partial charge on any atom is -0.467 e. The molecule has 0 aliphatic carbocycles. The molecule has 2 aromatic rings. The molecule has 8 nitrogen and oxygen atoms in total. The Balaban J connectivity index is 2.19. The molecule has 0 aromatic heterocycles. The molecule has 31 heavy (non-hydrogen) atoms. The van der Waals surface area contributed by atoms with Crippen molar-refractivity contribution < 1.29 is 28.9 Å². The van der Waals surface area contributed by atoms with Gasteiger partial charge in [0.05, 0.1) is 18.8 Å². The van der Waals surface area contributed by atoms with Crippen LogP contribution >= 0.6 is 0 Å². The predicted molar refractivity (Wildman–Crippen MR) is 115 cm³/mol. The van der Waals surface area contributed by atoms with Gasteiger partial charge in [-0.2, -0.15) is 0 Å². The maximum atomic E-state index is 12.5. The van der Waals surface area contributed by atoms with Gasteiger partial charge in [-0.25, -0.2) is 9.59 Å². The van der Waals surface area contributed by atoms with E-state index in [1.165, 1.54) is 7.11 Å². The molecule has 0 radical (unpaired) electrons. The molecule has 1 unspecified atom stereocenters. The van der Waals surface area contributed by atoms with Crippen molar-refractivity contribution in [2.75, 3.05) is 7.11 Å². The number of amides is 1. The van der Waals surface area contributed by atoms with Crippen LogP contribution in [0.1, 0.15) is 37.9 Å². The summed E-state index contributed by atoms with van der Waals surface area (Å²) < 4.78 is 15.6. The molecule has 1 amide bonds. The van der Waals surface area contributed by atoms with E-state index < -0.39 is 36.2 Å². The summed E-state index contributed by atoms with van der Waals surface area (Å²) in [5.74, 6) is -0.707. The number of hydrogen-bond donors (Lipinski definition) is 3. The van der Waals surface area contributed by atoms with E-state index in [0.29, 0.717) is 5.56 Å². The number of aliphatic hydroxyl groups is 1. The summed E-state index contributed by atoms with van der Waals surface area (Å²) in [7, 11) is 1.22. The van der Waals surface area contributed by atoms with Crippen LogP contribution in [0, 0.1) is 0 Å². The molecular formula is C23H30N2O6. The first-order chi connectivity index (χ1) is 14.7. The van der Waals surface area contributed by atoms with Crippen molar-refractivity contribution >= 4 is 12.1 Å². The van der Waals surface area contributed by atoms with Gasteiger partial charge in [-0.3, -0.25) is 5.32 Å². The number of esters is 1. The molecule has 2 rings (SSSR count). The fraction of sp³-hybridized carbons (Fsp3) is 0.391. The Hall–Kier alpha value is -2.94. The first-order valence-corrected chi connectivity index (χ1v) is 9.91. The number of carbonyl (C=O) groups excluding carboxylic acids is 2. The van der Waals surface area contributed by atoms with Crippen LogP contribution in [0.4, 0.5) is 4.79 Å². The van der Waals surface area contributed by atoms with Gasteiger partial charge in [0, 0.05) is 0 Å². The number of carbonyl (C=O) groups is 2. The summed E-state index contributed by atoms with van der Waals surface area (Å²) in [6.45, 7) is 5.39. The first-order valence-electron chi connectivity index (χ1n) is 9.91. The average molecular weight is 431 g/mol. The number of ether oxygens (including phenoxy) is 3. The maximum absolute atomic E-state index is 12.5. The molecule has 0 saturated carbocycles. The standard InChI is InChI=1S/C23H30N2O6/c1-23(2,3)31-22(28)24-18(17-13-9-6-10-14-17)19(20(26)29-4)25-21(27)30-15-16-11-7-5-8-12-16/h5-14,18-19,22,24,28H,15H2,1-4H3,(H,25,27)/t18-,19+,22?/m1/s1. The van der Waals surface area contributed by atoms with Crippen LogP contribution in [0.3, 0.4) is 0 Å². The van der Waals surface area contributed by atoms with Crippen LogP contribution in [-0.2, 0) is 25.6 Å². The van der Waals surface area contributed by atoms with Crippen molar-refractivity contribution in [1.29, 1.82) is 0 Å². The van der Waals surface area contributed by atoms with E-state index >= 15 is 0 Å². The van der Waals surface area contributed by atoms with Gasteiger partial charge in [0.2, 0.25) is 6.41 Å². The van der Waals surface area contributed by atoms with E-state index in [-0.39, 0.29) is 6.61 Å². The Kier molecular flexibility index (Phi) is 8.99. The molecule has 0 heterocycles. The van der Waals surface area contributed by atoms with Crippen LogP contribution < -0.4 is 10.6 Å².